The van der Waals surface area contributed by atoms with E-state index in [9.17, 15) is 18.0 Å². The van der Waals surface area contributed by atoms with Crippen molar-refractivity contribution in [3.63, 3.8) is 0 Å². The van der Waals surface area contributed by atoms with Crippen molar-refractivity contribution in [3.8, 4) is 17.3 Å². The van der Waals surface area contributed by atoms with Gasteiger partial charge in [-0.3, -0.25) is 9.78 Å². The van der Waals surface area contributed by atoms with Crippen LogP contribution in [-0.4, -0.2) is 33.3 Å². The molecule has 1 aromatic carbocycles. The van der Waals surface area contributed by atoms with Gasteiger partial charge in [-0.2, -0.15) is 0 Å². The first kappa shape index (κ1) is 18.4. The van der Waals surface area contributed by atoms with Crippen LogP contribution in [0.5, 0.6) is 5.75 Å². The molecule has 3 rings (SSSR count). The van der Waals surface area contributed by atoms with Gasteiger partial charge in [0, 0.05) is 31.7 Å². The van der Waals surface area contributed by atoms with Gasteiger partial charge in [-0.1, -0.05) is 18.2 Å². The Morgan fingerprint density at radius 2 is 1.85 bits per heavy atom. The van der Waals surface area contributed by atoms with Crippen LogP contribution in [0.4, 0.5) is 13.2 Å². The second-order valence-corrected chi connectivity index (χ2v) is 5.46. The van der Waals surface area contributed by atoms with Gasteiger partial charge in [0.25, 0.3) is 5.91 Å². The van der Waals surface area contributed by atoms with Crippen molar-refractivity contribution < 1.29 is 22.7 Å². The maximum Gasteiger partial charge on any atom is 0.573 e. The summed E-state index contributed by atoms with van der Waals surface area (Å²) in [6.07, 6.45) is 0.119. The van der Waals surface area contributed by atoms with Crippen molar-refractivity contribution in [2.24, 2.45) is 0 Å². The first-order chi connectivity index (χ1) is 12.9. The third-order valence-corrected chi connectivity index (χ3v) is 3.61. The van der Waals surface area contributed by atoms with Gasteiger partial charge in [0.05, 0.1) is 5.56 Å². The highest BCUT2D eigenvalue weighted by Gasteiger charge is 2.32. The van der Waals surface area contributed by atoms with Gasteiger partial charge in [0.15, 0.2) is 5.82 Å². The number of benzene rings is 1. The number of halogens is 3. The third-order valence-electron chi connectivity index (χ3n) is 3.61. The van der Waals surface area contributed by atoms with Gasteiger partial charge in [-0.05, 0) is 24.3 Å². The Balaban J connectivity index is 1.64. The Kier molecular flexibility index (Phi) is 5.39. The number of para-hydroxylation sites is 1. The lowest BCUT2D eigenvalue weighted by Crippen LogP contribution is -2.28. The molecule has 0 unspecified atom stereocenters. The number of amides is 1. The quantitative estimate of drug-likeness (QED) is 0.717. The molecule has 140 valence electrons. The van der Waals surface area contributed by atoms with E-state index in [4.69, 9.17) is 0 Å². The Morgan fingerprint density at radius 1 is 1.07 bits per heavy atom. The Labute approximate surface area is 152 Å². The molecule has 0 aliphatic carbocycles. The lowest BCUT2D eigenvalue weighted by Gasteiger charge is -2.13. The molecule has 0 saturated heterocycles. The molecule has 0 aliphatic rings. The van der Waals surface area contributed by atoms with E-state index in [-0.39, 0.29) is 12.1 Å². The summed E-state index contributed by atoms with van der Waals surface area (Å²) in [5, 5.41) is 2.59. The van der Waals surface area contributed by atoms with E-state index in [1.165, 1.54) is 18.2 Å². The summed E-state index contributed by atoms with van der Waals surface area (Å²) >= 11 is 0. The van der Waals surface area contributed by atoms with Crippen LogP contribution in [-0.2, 0) is 6.54 Å². The first-order valence-electron chi connectivity index (χ1n) is 7.99. The van der Waals surface area contributed by atoms with Crippen LogP contribution in [0.2, 0.25) is 0 Å². The number of nitrogens with zero attached hydrogens (tertiary/aromatic N) is 3. The fourth-order valence-corrected chi connectivity index (χ4v) is 2.47. The lowest BCUT2D eigenvalue weighted by molar-refractivity contribution is -0.274. The van der Waals surface area contributed by atoms with Crippen LogP contribution in [0.25, 0.3) is 11.5 Å². The van der Waals surface area contributed by atoms with Crippen LogP contribution in [0, 0.1) is 0 Å². The molecule has 0 spiro atoms. The summed E-state index contributed by atoms with van der Waals surface area (Å²) in [5.74, 6) is -0.570. The van der Waals surface area contributed by atoms with Gasteiger partial charge >= 0.3 is 6.36 Å². The second-order valence-electron chi connectivity index (χ2n) is 5.46. The third kappa shape index (κ3) is 4.84. The van der Waals surface area contributed by atoms with Gasteiger partial charge in [-0.15, -0.1) is 13.2 Å². The molecule has 2 heterocycles. The number of alkyl halides is 3. The van der Waals surface area contributed by atoms with Crippen molar-refractivity contribution in [1.82, 2.24) is 19.9 Å². The number of aromatic nitrogens is 3. The number of carbonyl (C=O) groups is 1. The minimum atomic E-state index is -4.87. The molecule has 0 atom stereocenters. The SMILES string of the molecule is O=C(NCCn1ccnc1-c1ccccn1)c1ccccc1OC(F)(F)F. The molecule has 1 amide bonds. The maximum absolute atomic E-state index is 12.5. The normalized spacial score (nSPS) is 11.2. The number of hydrogen-bond acceptors (Lipinski definition) is 4. The molecule has 2 aromatic heterocycles. The number of hydrogen-bond donors (Lipinski definition) is 1. The van der Waals surface area contributed by atoms with Gasteiger partial charge < -0.3 is 14.6 Å². The highest BCUT2D eigenvalue weighted by molar-refractivity contribution is 5.96. The van der Waals surface area contributed by atoms with Crippen molar-refractivity contribution in [3.05, 3.63) is 66.6 Å². The summed E-state index contributed by atoms with van der Waals surface area (Å²) < 4.78 is 43.1. The number of nitrogens with one attached hydrogen (secondary N) is 1. The van der Waals surface area contributed by atoms with E-state index in [0.717, 1.165) is 6.07 Å². The summed E-state index contributed by atoms with van der Waals surface area (Å²) in [4.78, 5) is 20.7. The van der Waals surface area contributed by atoms with E-state index < -0.39 is 18.0 Å². The molecule has 27 heavy (non-hydrogen) atoms. The Bertz CT molecular complexity index is 910. The molecule has 6 nitrogen and oxygen atoms in total. The lowest BCUT2D eigenvalue weighted by atomic mass is 10.2. The number of ether oxygens (including phenoxy) is 1. The average molecular weight is 376 g/mol. The first-order valence-corrected chi connectivity index (χ1v) is 7.99. The zero-order chi connectivity index (χ0) is 19.3. The largest absolute Gasteiger partial charge is 0.573 e. The monoisotopic (exact) mass is 376 g/mol. The zero-order valence-corrected chi connectivity index (χ0v) is 14.0. The van der Waals surface area contributed by atoms with Crippen LogP contribution in [0.3, 0.4) is 0 Å². The highest BCUT2D eigenvalue weighted by Crippen LogP contribution is 2.26. The second kappa shape index (κ2) is 7.90. The van der Waals surface area contributed by atoms with Crippen molar-refractivity contribution >= 4 is 5.91 Å². The summed E-state index contributed by atoms with van der Waals surface area (Å²) in [6, 6.07) is 10.6. The minimum Gasteiger partial charge on any atom is -0.405 e. The average Bonchev–Trinajstić information content (AvgIpc) is 3.10. The molecule has 0 saturated carbocycles. The maximum atomic E-state index is 12.5. The smallest absolute Gasteiger partial charge is 0.405 e. The van der Waals surface area contributed by atoms with Crippen LogP contribution in [0.15, 0.2) is 61.1 Å². The number of imidazole rings is 1. The number of carbonyl (C=O) groups excluding carboxylic acids is 1. The molecule has 1 N–H and O–H groups in total. The molecule has 9 heteroatoms. The molecule has 0 bridgehead atoms. The molecule has 0 radical (unpaired) electrons. The van der Waals surface area contributed by atoms with Gasteiger partial charge in [-0.25, -0.2) is 4.98 Å². The molecule has 0 aliphatic heterocycles. The molecular formula is C18H15F3N4O2. The predicted octanol–water partition coefficient (Wildman–Crippen LogP) is 3.27. The Morgan fingerprint density at radius 3 is 2.59 bits per heavy atom. The molecule has 3 aromatic rings. The van der Waals surface area contributed by atoms with E-state index in [1.54, 1.807) is 29.2 Å². The molecule has 0 fully saturated rings. The fraction of sp³-hybridized carbons (Fsp3) is 0.167. The van der Waals surface area contributed by atoms with Gasteiger partial charge in [0.1, 0.15) is 11.4 Å². The minimum absolute atomic E-state index is 0.189. The highest BCUT2D eigenvalue weighted by atomic mass is 19.4. The van der Waals surface area contributed by atoms with Gasteiger partial charge in [0.2, 0.25) is 0 Å². The van der Waals surface area contributed by atoms with Crippen LogP contribution < -0.4 is 10.1 Å². The van der Waals surface area contributed by atoms with Crippen molar-refractivity contribution in [2.45, 2.75) is 12.9 Å². The summed E-state index contributed by atoms with van der Waals surface area (Å²) in [7, 11) is 0. The number of rotatable bonds is 6. The van der Waals surface area contributed by atoms with Crippen LogP contribution in [0.1, 0.15) is 10.4 Å². The molecular weight excluding hydrogens is 361 g/mol. The Hall–Kier alpha value is -3.36. The summed E-state index contributed by atoms with van der Waals surface area (Å²) in [5.41, 5.74) is 0.489. The number of pyridine rings is 1. The van der Waals surface area contributed by atoms with E-state index in [1.807, 2.05) is 12.1 Å². The van der Waals surface area contributed by atoms with Crippen molar-refractivity contribution in [2.75, 3.05) is 6.54 Å². The van der Waals surface area contributed by atoms with Crippen molar-refractivity contribution in [1.29, 1.82) is 0 Å². The van der Waals surface area contributed by atoms with E-state index in [2.05, 4.69) is 20.0 Å². The van der Waals surface area contributed by atoms with E-state index in [0.29, 0.717) is 18.1 Å². The predicted molar refractivity (Wildman–Crippen MR) is 90.9 cm³/mol. The standard InChI is InChI=1S/C18H15F3N4O2/c19-18(20,21)27-15-7-2-1-5-13(15)17(26)24-10-12-25-11-9-23-16(25)14-6-3-4-8-22-14/h1-9,11H,10,12H2,(H,24,26). The zero-order valence-electron chi connectivity index (χ0n) is 14.0. The van der Waals surface area contributed by atoms with E-state index >= 15 is 0 Å². The fourth-order valence-electron chi connectivity index (χ4n) is 2.47. The topological polar surface area (TPSA) is 69.0 Å². The van der Waals surface area contributed by atoms with Crippen LogP contribution >= 0.6 is 0 Å². The summed E-state index contributed by atoms with van der Waals surface area (Å²) in [6.45, 7) is 0.565.